The second-order valence-corrected chi connectivity index (χ2v) is 7.13. The molecule has 0 saturated carbocycles. The standard InChI is InChI=1S/C17H19FN2O3S/c1-3-20(24(22,23)16-10-4-13(2)5-11-16)17(21)19-12-14-6-8-15(18)9-7-14/h4-11H,3,12H2,1-2H3,(H,19,21). The van der Waals surface area contributed by atoms with E-state index in [1.54, 1.807) is 19.1 Å². The van der Waals surface area contributed by atoms with E-state index in [4.69, 9.17) is 0 Å². The van der Waals surface area contributed by atoms with Crippen molar-refractivity contribution >= 4 is 16.1 Å². The summed E-state index contributed by atoms with van der Waals surface area (Å²) in [4.78, 5) is 12.3. The van der Waals surface area contributed by atoms with Gasteiger partial charge >= 0.3 is 6.03 Å². The molecule has 0 aliphatic carbocycles. The second kappa shape index (κ2) is 7.44. The lowest BCUT2D eigenvalue weighted by molar-refractivity contribution is 0.224. The van der Waals surface area contributed by atoms with E-state index < -0.39 is 16.1 Å². The molecule has 2 amide bonds. The monoisotopic (exact) mass is 350 g/mol. The second-order valence-electron chi connectivity index (χ2n) is 5.27. The van der Waals surface area contributed by atoms with Gasteiger partial charge in [0.15, 0.2) is 0 Å². The molecule has 0 aromatic heterocycles. The van der Waals surface area contributed by atoms with Gasteiger partial charge in [-0.3, -0.25) is 0 Å². The lowest BCUT2D eigenvalue weighted by atomic mass is 10.2. The molecular weight excluding hydrogens is 331 g/mol. The number of hydrogen-bond donors (Lipinski definition) is 1. The van der Waals surface area contributed by atoms with Gasteiger partial charge < -0.3 is 5.32 Å². The van der Waals surface area contributed by atoms with E-state index in [9.17, 15) is 17.6 Å². The number of carbonyl (C=O) groups is 1. The molecule has 0 spiro atoms. The highest BCUT2D eigenvalue weighted by Crippen LogP contribution is 2.16. The van der Waals surface area contributed by atoms with Crippen LogP contribution in [0.1, 0.15) is 18.1 Å². The highest BCUT2D eigenvalue weighted by Gasteiger charge is 2.27. The number of nitrogens with one attached hydrogen (secondary N) is 1. The van der Waals surface area contributed by atoms with E-state index in [-0.39, 0.29) is 23.8 Å². The Hall–Kier alpha value is -2.41. The van der Waals surface area contributed by atoms with E-state index >= 15 is 0 Å². The summed E-state index contributed by atoms with van der Waals surface area (Å²) in [5.74, 6) is -0.373. The third kappa shape index (κ3) is 4.11. The van der Waals surface area contributed by atoms with E-state index in [0.717, 1.165) is 9.87 Å². The first kappa shape index (κ1) is 17.9. The topological polar surface area (TPSA) is 66.5 Å². The molecule has 0 fully saturated rings. The normalized spacial score (nSPS) is 11.1. The Labute approximate surface area is 141 Å². The Morgan fingerprint density at radius 1 is 1.08 bits per heavy atom. The Morgan fingerprint density at radius 2 is 1.67 bits per heavy atom. The number of halogens is 1. The number of benzene rings is 2. The molecule has 0 aliphatic rings. The van der Waals surface area contributed by atoms with Crippen molar-refractivity contribution in [2.75, 3.05) is 6.54 Å². The molecule has 0 unspecified atom stereocenters. The molecule has 0 radical (unpaired) electrons. The third-order valence-corrected chi connectivity index (χ3v) is 5.35. The maximum absolute atomic E-state index is 12.9. The van der Waals surface area contributed by atoms with Gasteiger partial charge in [-0.25, -0.2) is 21.9 Å². The fourth-order valence-corrected chi connectivity index (χ4v) is 3.49. The predicted molar refractivity (Wildman–Crippen MR) is 89.4 cm³/mol. The van der Waals surface area contributed by atoms with Crippen LogP contribution in [0.5, 0.6) is 0 Å². The van der Waals surface area contributed by atoms with Crippen LogP contribution in [0.4, 0.5) is 9.18 Å². The van der Waals surface area contributed by atoms with Gasteiger partial charge in [0.05, 0.1) is 4.90 Å². The first-order valence-corrected chi connectivity index (χ1v) is 8.90. The first-order valence-electron chi connectivity index (χ1n) is 7.46. The molecule has 2 rings (SSSR count). The minimum atomic E-state index is -3.92. The Bertz CT molecular complexity index is 803. The lowest BCUT2D eigenvalue weighted by Gasteiger charge is -2.21. The van der Waals surface area contributed by atoms with Gasteiger partial charge in [-0.1, -0.05) is 29.8 Å². The zero-order valence-corrected chi connectivity index (χ0v) is 14.3. The molecule has 0 aliphatic heterocycles. The van der Waals surface area contributed by atoms with Crippen molar-refractivity contribution in [1.29, 1.82) is 0 Å². The summed E-state index contributed by atoms with van der Waals surface area (Å²) < 4.78 is 38.8. The van der Waals surface area contributed by atoms with Crippen LogP contribution in [0, 0.1) is 12.7 Å². The Kier molecular flexibility index (Phi) is 5.56. The quantitative estimate of drug-likeness (QED) is 0.901. The van der Waals surface area contributed by atoms with E-state index in [2.05, 4.69) is 5.32 Å². The van der Waals surface area contributed by atoms with Crippen LogP contribution < -0.4 is 5.32 Å². The van der Waals surface area contributed by atoms with E-state index in [1.807, 2.05) is 6.92 Å². The van der Waals surface area contributed by atoms with Gasteiger partial charge in [0.2, 0.25) is 0 Å². The van der Waals surface area contributed by atoms with Gasteiger partial charge in [0, 0.05) is 13.1 Å². The molecule has 0 atom stereocenters. The van der Waals surface area contributed by atoms with E-state index in [1.165, 1.54) is 36.4 Å². The highest BCUT2D eigenvalue weighted by molar-refractivity contribution is 7.89. The minimum absolute atomic E-state index is 0.00542. The summed E-state index contributed by atoms with van der Waals surface area (Å²) in [5, 5.41) is 2.54. The van der Waals surface area contributed by atoms with Crippen LogP contribution in [0.15, 0.2) is 53.4 Å². The summed E-state index contributed by atoms with van der Waals surface area (Å²) in [5.41, 5.74) is 1.60. The molecule has 128 valence electrons. The number of carbonyl (C=O) groups excluding carboxylic acids is 1. The van der Waals surface area contributed by atoms with Crippen molar-refractivity contribution in [2.24, 2.45) is 0 Å². The number of hydrogen-bond acceptors (Lipinski definition) is 3. The predicted octanol–water partition coefficient (Wildman–Crippen LogP) is 3.05. The molecule has 0 saturated heterocycles. The molecule has 2 aromatic carbocycles. The minimum Gasteiger partial charge on any atom is -0.333 e. The number of nitrogens with zero attached hydrogens (tertiary/aromatic N) is 1. The van der Waals surface area contributed by atoms with Crippen molar-refractivity contribution in [3.63, 3.8) is 0 Å². The smallest absolute Gasteiger partial charge is 0.331 e. The van der Waals surface area contributed by atoms with Gasteiger partial charge in [-0.15, -0.1) is 0 Å². The molecule has 5 nitrogen and oxygen atoms in total. The summed E-state index contributed by atoms with van der Waals surface area (Å²) in [6.07, 6.45) is 0. The average molecular weight is 350 g/mol. The third-order valence-electron chi connectivity index (χ3n) is 3.48. The van der Waals surface area contributed by atoms with Crippen LogP contribution in [0.2, 0.25) is 0 Å². The lowest BCUT2D eigenvalue weighted by Crippen LogP contribution is -2.43. The number of sulfonamides is 1. The molecule has 7 heteroatoms. The van der Waals surface area contributed by atoms with Gasteiger partial charge in [-0.2, -0.15) is 0 Å². The summed E-state index contributed by atoms with van der Waals surface area (Å²) in [6.45, 7) is 3.55. The van der Waals surface area contributed by atoms with E-state index in [0.29, 0.717) is 5.56 Å². The Morgan fingerprint density at radius 3 is 2.21 bits per heavy atom. The molecule has 0 heterocycles. The number of amides is 2. The number of aryl methyl sites for hydroxylation is 1. The van der Waals surface area contributed by atoms with Crippen molar-refractivity contribution in [3.8, 4) is 0 Å². The summed E-state index contributed by atoms with van der Waals surface area (Å²) in [7, 11) is -3.92. The maximum Gasteiger partial charge on any atom is 0.331 e. The molecule has 0 bridgehead atoms. The number of rotatable bonds is 5. The fourth-order valence-electron chi connectivity index (χ4n) is 2.13. The fraction of sp³-hybridized carbons (Fsp3) is 0.235. The van der Waals surface area contributed by atoms with Crippen LogP contribution >= 0.6 is 0 Å². The molecule has 2 aromatic rings. The van der Waals surface area contributed by atoms with Gasteiger partial charge in [-0.05, 0) is 43.7 Å². The van der Waals surface area contributed by atoms with Crippen LogP contribution in [-0.2, 0) is 16.6 Å². The van der Waals surface area contributed by atoms with Crippen LogP contribution in [0.25, 0.3) is 0 Å². The van der Waals surface area contributed by atoms with Gasteiger partial charge in [0.25, 0.3) is 10.0 Å². The number of urea groups is 1. The van der Waals surface area contributed by atoms with Crippen LogP contribution in [0.3, 0.4) is 0 Å². The SMILES string of the molecule is CCN(C(=O)NCc1ccc(F)cc1)S(=O)(=O)c1ccc(C)cc1. The Balaban J connectivity index is 2.12. The summed E-state index contributed by atoms with van der Waals surface area (Å²) in [6, 6.07) is 11.2. The first-order chi connectivity index (χ1) is 11.3. The van der Waals surface area contributed by atoms with Crippen LogP contribution in [-0.4, -0.2) is 25.3 Å². The van der Waals surface area contributed by atoms with Crippen molar-refractivity contribution in [1.82, 2.24) is 9.62 Å². The molecule has 24 heavy (non-hydrogen) atoms. The molecular formula is C17H19FN2O3S. The highest BCUT2D eigenvalue weighted by atomic mass is 32.2. The van der Waals surface area contributed by atoms with Crippen molar-refractivity contribution < 1.29 is 17.6 Å². The zero-order chi connectivity index (χ0) is 17.7. The van der Waals surface area contributed by atoms with Crippen molar-refractivity contribution in [3.05, 3.63) is 65.5 Å². The van der Waals surface area contributed by atoms with Crippen molar-refractivity contribution in [2.45, 2.75) is 25.3 Å². The summed E-state index contributed by atoms with van der Waals surface area (Å²) >= 11 is 0. The average Bonchev–Trinajstić information content (AvgIpc) is 2.55. The van der Waals surface area contributed by atoms with Gasteiger partial charge in [0.1, 0.15) is 5.82 Å². The zero-order valence-electron chi connectivity index (χ0n) is 13.5. The maximum atomic E-state index is 12.9. The molecule has 1 N–H and O–H groups in total. The largest absolute Gasteiger partial charge is 0.333 e.